The van der Waals surface area contributed by atoms with E-state index in [-0.39, 0.29) is 0 Å². The molecule has 0 saturated heterocycles. The van der Waals surface area contributed by atoms with Crippen molar-refractivity contribution in [1.82, 2.24) is 0 Å². The monoisotopic (exact) mass is 1180 g/mol. The lowest BCUT2D eigenvalue weighted by Crippen LogP contribution is -2.18. The van der Waals surface area contributed by atoms with Crippen LogP contribution in [0, 0.1) is 55.4 Å². The van der Waals surface area contributed by atoms with Gasteiger partial charge in [-0.25, -0.2) is 0 Å². The number of benzene rings is 16. The zero-order chi connectivity index (χ0) is 62.5. The van der Waals surface area contributed by atoms with Crippen LogP contribution in [0.25, 0.3) is 75.4 Å². The van der Waals surface area contributed by atoms with E-state index in [4.69, 9.17) is 0 Å². The molecule has 0 fully saturated rings. The number of hydrogen-bond acceptors (Lipinski definition) is 4. The van der Waals surface area contributed by atoms with Crippen molar-refractivity contribution >= 4 is 144 Å². The molecule has 0 radical (unpaired) electrons. The molecule has 0 N–H and O–H groups in total. The highest BCUT2D eigenvalue weighted by molar-refractivity contribution is 6.33. The minimum absolute atomic E-state index is 1.08. The quantitative estimate of drug-likeness (QED) is 0.113. The molecule has 0 spiro atoms. The molecule has 0 amide bonds. The molecule has 0 saturated carbocycles. The molecule has 0 aliphatic carbocycles. The number of fused-ring (bicyclic) bond motifs is 4. The van der Waals surface area contributed by atoms with Crippen molar-refractivity contribution < 1.29 is 0 Å². The number of anilines is 12. The molecule has 16 aromatic rings. The van der Waals surface area contributed by atoms with Gasteiger partial charge in [-0.3, -0.25) is 0 Å². The molecule has 16 rings (SSSR count). The zero-order valence-corrected chi connectivity index (χ0v) is 53.3. The molecule has 4 heteroatoms. The normalized spacial score (nSPS) is 11.7. The smallest absolute Gasteiger partial charge is 0.0561 e. The number of nitrogens with zero attached hydrogens (tertiary/aromatic N) is 4. The van der Waals surface area contributed by atoms with Crippen molar-refractivity contribution in [1.29, 1.82) is 0 Å². The molecule has 0 aliphatic heterocycles. The molecule has 0 atom stereocenters. The first kappa shape index (κ1) is 56.1. The summed E-state index contributed by atoms with van der Waals surface area (Å²) in [5.74, 6) is 0. The molecule has 442 valence electrons. The van der Waals surface area contributed by atoms with Crippen molar-refractivity contribution in [3.05, 3.63) is 324 Å². The maximum atomic E-state index is 2.58. The Morgan fingerprint density at radius 3 is 0.739 bits per heavy atom. The van der Waals surface area contributed by atoms with Crippen molar-refractivity contribution in [3.8, 4) is 0 Å². The molecule has 0 aliphatic rings. The summed E-state index contributed by atoms with van der Waals surface area (Å²) in [5.41, 5.74) is 22.8. The lowest BCUT2D eigenvalue weighted by Gasteiger charge is -2.36. The molecule has 4 nitrogen and oxygen atoms in total. The van der Waals surface area contributed by atoms with Gasteiger partial charge in [0, 0.05) is 77.8 Å². The molecular formula is C88H70N4. The maximum absolute atomic E-state index is 2.58. The second kappa shape index (κ2) is 22.4. The number of para-hydroxylation sites is 4. The Bertz CT molecular complexity index is 5090. The molecule has 0 unspecified atom stereocenters. The van der Waals surface area contributed by atoms with E-state index in [0.29, 0.717) is 0 Å². The zero-order valence-electron chi connectivity index (χ0n) is 53.3. The van der Waals surface area contributed by atoms with E-state index >= 15 is 0 Å². The van der Waals surface area contributed by atoms with Crippen LogP contribution in [0.2, 0.25) is 0 Å². The Morgan fingerprint density at radius 1 is 0.163 bits per heavy atom. The highest BCUT2D eigenvalue weighted by Crippen LogP contribution is 2.57. The summed E-state index contributed by atoms with van der Waals surface area (Å²) in [4.78, 5) is 10.3. The van der Waals surface area contributed by atoms with Gasteiger partial charge in [0.05, 0.1) is 22.7 Å². The van der Waals surface area contributed by atoms with Gasteiger partial charge >= 0.3 is 0 Å². The summed E-state index contributed by atoms with van der Waals surface area (Å²) in [6.07, 6.45) is 0. The van der Waals surface area contributed by atoms with Crippen LogP contribution in [0.5, 0.6) is 0 Å². The third-order valence-corrected chi connectivity index (χ3v) is 19.6. The largest absolute Gasteiger partial charge is 0.309 e. The fraction of sp³-hybridized carbons (Fsp3) is 0.0909. The number of hydrogen-bond donors (Lipinski definition) is 0. The Hall–Kier alpha value is -11.2. The van der Waals surface area contributed by atoms with Gasteiger partial charge in [-0.05, 0) is 216 Å². The second-order valence-corrected chi connectivity index (χ2v) is 25.2. The van der Waals surface area contributed by atoms with Gasteiger partial charge in [0.25, 0.3) is 0 Å². The van der Waals surface area contributed by atoms with Gasteiger partial charge in [-0.15, -0.1) is 0 Å². The van der Waals surface area contributed by atoms with E-state index < -0.39 is 0 Å². The van der Waals surface area contributed by atoms with Crippen LogP contribution >= 0.6 is 0 Å². The van der Waals surface area contributed by atoms with E-state index in [0.717, 1.165) is 89.8 Å². The summed E-state index contributed by atoms with van der Waals surface area (Å²) in [6.45, 7) is 18.2. The summed E-state index contributed by atoms with van der Waals surface area (Å²) in [5, 5.41) is 16.6. The van der Waals surface area contributed by atoms with Crippen molar-refractivity contribution in [2.75, 3.05) is 19.6 Å². The molecule has 16 aromatic carbocycles. The first-order valence-electron chi connectivity index (χ1n) is 32.2. The van der Waals surface area contributed by atoms with Gasteiger partial charge < -0.3 is 19.6 Å². The SMILES string of the molecule is Cc1ccccc1N(c1cc2ccccc2cc1C)c1cc(N(c2ccccc2C)c2ccc3ccccc3c2C)c2ccc3c(N(c4ccccc4C)c4cc5ccccc5cc4C)cc(N(c4ccccc4C)c4ccc5ccccc5c4C)c4ccc1c2c34. The predicted octanol–water partition coefficient (Wildman–Crippen LogP) is 25.5. The van der Waals surface area contributed by atoms with E-state index in [2.05, 4.69) is 354 Å². The Morgan fingerprint density at radius 2 is 0.424 bits per heavy atom. The van der Waals surface area contributed by atoms with Gasteiger partial charge in [-0.1, -0.05) is 206 Å². The first-order chi connectivity index (χ1) is 45.0. The minimum Gasteiger partial charge on any atom is -0.309 e. The summed E-state index contributed by atoms with van der Waals surface area (Å²) >= 11 is 0. The lowest BCUT2D eigenvalue weighted by molar-refractivity contribution is 1.22. The lowest BCUT2D eigenvalue weighted by atomic mass is 9.88. The summed E-state index contributed by atoms with van der Waals surface area (Å²) in [6, 6.07) is 105. The van der Waals surface area contributed by atoms with E-state index in [9.17, 15) is 0 Å². The van der Waals surface area contributed by atoms with Crippen LogP contribution in [0.1, 0.15) is 44.5 Å². The second-order valence-electron chi connectivity index (χ2n) is 25.2. The predicted molar refractivity (Wildman–Crippen MR) is 397 cm³/mol. The number of rotatable bonds is 12. The standard InChI is InChI=1S/C88H70N4/c1-55-25-9-21-37-75(55)89(79-47-41-63-29-17-19-35-69(63)61(79)7)83-53-85(91(77-39-23-11-27-57(77)3)81-51-67-33-15-13-31-65(67)49-59(81)5)73-46-44-72-84(90(76-38-22-10-26-56(76)2)80-48-42-64-30-18-20-36-70(64)62(80)8)54-86(74-45-43-71(83)87(73)88(72)74)92(78-40-24-12-28-58(78)4)82-52-68-34-16-14-32-66(68)50-60(82)6/h9-54H,1-8H3. The Labute approximate surface area is 539 Å². The van der Waals surface area contributed by atoms with Gasteiger partial charge in [0.15, 0.2) is 0 Å². The van der Waals surface area contributed by atoms with Crippen LogP contribution in [0.15, 0.2) is 279 Å². The Kier molecular flexibility index (Phi) is 13.6. The summed E-state index contributed by atoms with van der Waals surface area (Å²) in [7, 11) is 0. The van der Waals surface area contributed by atoms with E-state index in [1.165, 1.54) is 98.4 Å². The van der Waals surface area contributed by atoms with Gasteiger partial charge in [0.2, 0.25) is 0 Å². The molecule has 92 heavy (non-hydrogen) atoms. The molecule has 0 aromatic heterocycles. The highest BCUT2D eigenvalue weighted by atomic mass is 15.2. The van der Waals surface area contributed by atoms with E-state index in [1.807, 2.05) is 0 Å². The van der Waals surface area contributed by atoms with Crippen LogP contribution in [0.4, 0.5) is 68.2 Å². The fourth-order valence-electron chi connectivity index (χ4n) is 15.0. The summed E-state index contributed by atoms with van der Waals surface area (Å²) < 4.78 is 0. The van der Waals surface area contributed by atoms with Crippen LogP contribution < -0.4 is 19.6 Å². The van der Waals surface area contributed by atoms with Crippen LogP contribution in [-0.2, 0) is 0 Å². The third kappa shape index (κ3) is 9.11. The number of aryl methyl sites for hydroxylation is 8. The molecule has 0 heterocycles. The average Bonchev–Trinajstić information content (AvgIpc) is 0.701. The van der Waals surface area contributed by atoms with Crippen LogP contribution in [-0.4, -0.2) is 0 Å². The highest BCUT2D eigenvalue weighted by Gasteiger charge is 2.32. The average molecular weight is 1180 g/mol. The van der Waals surface area contributed by atoms with Crippen molar-refractivity contribution in [2.45, 2.75) is 55.4 Å². The fourth-order valence-corrected chi connectivity index (χ4v) is 15.0. The van der Waals surface area contributed by atoms with Gasteiger partial charge in [-0.2, -0.15) is 0 Å². The van der Waals surface area contributed by atoms with Crippen molar-refractivity contribution in [2.24, 2.45) is 0 Å². The minimum atomic E-state index is 1.08. The maximum Gasteiger partial charge on any atom is 0.0561 e. The Balaban J connectivity index is 1.14. The van der Waals surface area contributed by atoms with Crippen LogP contribution in [0.3, 0.4) is 0 Å². The van der Waals surface area contributed by atoms with Gasteiger partial charge in [0.1, 0.15) is 0 Å². The third-order valence-electron chi connectivity index (χ3n) is 19.6. The van der Waals surface area contributed by atoms with Crippen molar-refractivity contribution in [3.63, 3.8) is 0 Å². The molecule has 0 bridgehead atoms. The topological polar surface area (TPSA) is 13.0 Å². The molecular weight excluding hydrogens is 1110 g/mol. The van der Waals surface area contributed by atoms with E-state index in [1.54, 1.807) is 0 Å². The first-order valence-corrected chi connectivity index (χ1v) is 32.2.